The van der Waals surface area contributed by atoms with Crippen molar-refractivity contribution in [2.24, 2.45) is 10.7 Å². The van der Waals surface area contributed by atoms with Gasteiger partial charge in [-0.15, -0.1) is 24.8 Å². The Bertz CT molecular complexity index is 617. The summed E-state index contributed by atoms with van der Waals surface area (Å²) in [6, 6.07) is 18.8. The monoisotopic (exact) mass is 368 g/mol. The van der Waals surface area contributed by atoms with Gasteiger partial charge in [-0.25, -0.2) is 0 Å². The average molecular weight is 369 g/mol. The zero-order valence-corrected chi connectivity index (χ0v) is 15.7. The van der Waals surface area contributed by atoms with Gasteiger partial charge in [0.05, 0.1) is 0 Å². The first-order valence-electron chi connectivity index (χ1n) is 7.55. The molecule has 2 rings (SSSR count). The van der Waals surface area contributed by atoms with E-state index in [0.717, 1.165) is 18.8 Å². The van der Waals surface area contributed by atoms with Gasteiger partial charge in [0.25, 0.3) is 0 Å². The molecule has 2 aromatic carbocycles. The van der Waals surface area contributed by atoms with Crippen LogP contribution in [0.5, 0.6) is 0 Å². The number of guanidine groups is 1. The molecule has 0 aromatic heterocycles. The van der Waals surface area contributed by atoms with Crippen molar-refractivity contribution in [3.05, 3.63) is 65.7 Å². The van der Waals surface area contributed by atoms with Crippen LogP contribution in [0.4, 0.5) is 5.69 Å². The van der Waals surface area contributed by atoms with E-state index in [9.17, 15) is 0 Å². The summed E-state index contributed by atoms with van der Waals surface area (Å²) in [5.74, 6) is 0.456. The lowest BCUT2D eigenvalue weighted by Crippen LogP contribution is -2.23. The van der Waals surface area contributed by atoms with Gasteiger partial charge < -0.3 is 11.1 Å². The quantitative estimate of drug-likeness (QED) is 0.600. The van der Waals surface area contributed by atoms with Gasteiger partial charge in [0.1, 0.15) is 0 Å². The summed E-state index contributed by atoms with van der Waals surface area (Å²) in [6.07, 6.45) is 0. The number of rotatable bonds is 6. The maximum atomic E-state index is 5.80. The van der Waals surface area contributed by atoms with E-state index in [-0.39, 0.29) is 24.8 Å². The van der Waals surface area contributed by atoms with Crippen LogP contribution in [-0.2, 0) is 13.1 Å². The Morgan fingerprint density at radius 2 is 1.62 bits per heavy atom. The average Bonchev–Trinajstić information content (AvgIpc) is 2.48. The van der Waals surface area contributed by atoms with Crippen LogP contribution in [0.1, 0.15) is 18.1 Å². The Morgan fingerprint density at radius 1 is 1.00 bits per heavy atom. The largest absolute Gasteiger partial charge is 0.370 e. The maximum Gasteiger partial charge on any atom is 0.193 e. The van der Waals surface area contributed by atoms with Crippen LogP contribution in [0.2, 0.25) is 0 Å². The highest BCUT2D eigenvalue weighted by Crippen LogP contribution is 2.13. The standard InChI is InChI=1S/C18H24N4.2ClH/c1-3-20-18(19)21-17-11-7-10-16(12-17)14-22(2)13-15-8-5-4-6-9-15;;/h4-12H,3,13-14H2,1-2H3,(H3,19,20,21);2*1H. The van der Waals surface area contributed by atoms with E-state index in [1.54, 1.807) is 0 Å². The topological polar surface area (TPSA) is 53.6 Å². The zero-order valence-electron chi connectivity index (χ0n) is 14.1. The first-order valence-corrected chi connectivity index (χ1v) is 7.55. The van der Waals surface area contributed by atoms with Gasteiger partial charge in [0.15, 0.2) is 5.96 Å². The van der Waals surface area contributed by atoms with Gasteiger partial charge in [-0.3, -0.25) is 9.89 Å². The summed E-state index contributed by atoms with van der Waals surface area (Å²) in [4.78, 5) is 6.43. The van der Waals surface area contributed by atoms with Crippen LogP contribution in [-0.4, -0.2) is 24.5 Å². The van der Waals surface area contributed by atoms with Crippen molar-refractivity contribution in [2.45, 2.75) is 20.0 Å². The van der Waals surface area contributed by atoms with E-state index in [4.69, 9.17) is 5.73 Å². The molecule has 24 heavy (non-hydrogen) atoms. The molecule has 0 spiro atoms. The van der Waals surface area contributed by atoms with Gasteiger partial charge >= 0.3 is 0 Å². The van der Waals surface area contributed by atoms with Crippen LogP contribution in [0.15, 0.2) is 59.6 Å². The molecule has 2 aromatic rings. The number of hydrogen-bond donors (Lipinski definition) is 2. The van der Waals surface area contributed by atoms with Crippen molar-refractivity contribution in [1.29, 1.82) is 0 Å². The highest BCUT2D eigenvalue weighted by atomic mass is 35.5. The molecule has 0 saturated heterocycles. The van der Waals surface area contributed by atoms with Crippen LogP contribution in [0, 0.1) is 0 Å². The molecule has 0 aliphatic rings. The minimum Gasteiger partial charge on any atom is -0.370 e. The third-order valence-electron chi connectivity index (χ3n) is 3.28. The summed E-state index contributed by atoms with van der Waals surface area (Å²) < 4.78 is 0. The molecule has 0 amide bonds. The molecule has 0 aliphatic carbocycles. The molecular weight excluding hydrogens is 343 g/mol. The minimum absolute atomic E-state index is 0. The van der Waals surface area contributed by atoms with E-state index in [1.165, 1.54) is 11.1 Å². The van der Waals surface area contributed by atoms with Crippen molar-refractivity contribution in [3.8, 4) is 0 Å². The summed E-state index contributed by atoms with van der Waals surface area (Å²) in [5.41, 5.74) is 9.33. The predicted octanol–water partition coefficient (Wildman–Crippen LogP) is 3.91. The predicted molar refractivity (Wildman–Crippen MR) is 108 cm³/mol. The molecule has 0 unspecified atom stereocenters. The molecule has 132 valence electrons. The zero-order chi connectivity index (χ0) is 15.8. The molecule has 0 aliphatic heterocycles. The molecule has 3 N–H and O–H groups in total. The number of aliphatic imine (C=N–C) groups is 1. The Balaban J connectivity index is 0.00000264. The van der Waals surface area contributed by atoms with Crippen LogP contribution in [0.3, 0.4) is 0 Å². The summed E-state index contributed by atoms with van der Waals surface area (Å²) in [5, 5.41) is 3.12. The number of nitrogens with zero attached hydrogens (tertiary/aromatic N) is 2. The fourth-order valence-electron chi connectivity index (χ4n) is 2.37. The van der Waals surface area contributed by atoms with Crippen LogP contribution in [0.25, 0.3) is 0 Å². The smallest absolute Gasteiger partial charge is 0.193 e. The van der Waals surface area contributed by atoms with E-state index in [0.29, 0.717) is 12.5 Å². The summed E-state index contributed by atoms with van der Waals surface area (Å²) in [7, 11) is 2.13. The van der Waals surface area contributed by atoms with Gasteiger partial charge in [-0.1, -0.05) is 42.5 Å². The lowest BCUT2D eigenvalue weighted by atomic mass is 10.1. The first-order chi connectivity index (χ1) is 10.7. The third-order valence-corrected chi connectivity index (χ3v) is 3.28. The SMILES string of the molecule is CCN=C(N)Nc1cccc(CN(C)Cc2ccccc2)c1.Cl.Cl. The van der Waals surface area contributed by atoms with Crippen molar-refractivity contribution >= 4 is 36.5 Å². The summed E-state index contributed by atoms with van der Waals surface area (Å²) >= 11 is 0. The number of nitrogens with one attached hydrogen (secondary N) is 1. The lowest BCUT2D eigenvalue weighted by Gasteiger charge is -2.17. The Labute approximate surface area is 157 Å². The fourth-order valence-corrected chi connectivity index (χ4v) is 2.37. The number of anilines is 1. The highest BCUT2D eigenvalue weighted by molar-refractivity contribution is 5.92. The fraction of sp³-hybridized carbons (Fsp3) is 0.278. The third kappa shape index (κ3) is 7.68. The number of halogens is 2. The Hall–Kier alpha value is -1.75. The van der Waals surface area contributed by atoms with E-state index < -0.39 is 0 Å². The van der Waals surface area contributed by atoms with Crippen molar-refractivity contribution in [3.63, 3.8) is 0 Å². The summed E-state index contributed by atoms with van der Waals surface area (Å²) in [6.45, 7) is 4.45. The van der Waals surface area contributed by atoms with Crippen molar-refractivity contribution in [2.75, 3.05) is 18.9 Å². The minimum atomic E-state index is 0. The van der Waals surface area contributed by atoms with E-state index in [1.807, 2.05) is 25.1 Å². The number of hydrogen-bond acceptors (Lipinski definition) is 2. The second-order valence-electron chi connectivity index (χ2n) is 5.34. The second-order valence-corrected chi connectivity index (χ2v) is 5.34. The molecular formula is C18H26Cl2N4. The maximum absolute atomic E-state index is 5.80. The van der Waals surface area contributed by atoms with Gasteiger partial charge in [-0.2, -0.15) is 0 Å². The van der Waals surface area contributed by atoms with E-state index in [2.05, 4.69) is 58.7 Å². The molecule has 0 bridgehead atoms. The highest BCUT2D eigenvalue weighted by Gasteiger charge is 2.03. The molecule has 6 heteroatoms. The first kappa shape index (κ1) is 22.2. The molecule has 0 atom stereocenters. The molecule has 0 saturated carbocycles. The Kier molecular flexibility index (Phi) is 10.9. The van der Waals surface area contributed by atoms with Crippen LogP contribution >= 0.6 is 24.8 Å². The van der Waals surface area contributed by atoms with Crippen molar-refractivity contribution < 1.29 is 0 Å². The second kappa shape index (κ2) is 11.7. The Morgan fingerprint density at radius 3 is 2.29 bits per heavy atom. The molecule has 0 radical (unpaired) electrons. The number of benzene rings is 2. The lowest BCUT2D eigenvalue weighted by molar-refractivity contribution is 0.319. The molecule has 4 nitrogen and oxygen atoms in total. The molecule has 0 heterocycles. The van der Waals surface area contributed by atoms with Crippen molar-refractivity contribution in [1.82, 2.24) is 4.90 Å². The molecule has 0 fully saturated rings. The number of nitrogens with two attached hydrogens (primary N) is 1. The normalized spacial score (nSPS) is 10.7. The van der Waals surface area contributed by atoms with Crippen LogP contribution < -0.4 is 11.1 Å². The van der Waals surface area contributed by atoms with Gasteiger partial charge in [0, 0.05) is 25.3 Å². The van der Waals surface area contributed by atoms with Gasteiger partial charge in [-0.05, 0) is 37.2 Å². The van der Waals surface area contributed by atoms with E-state index >= 15 is 0 Å². The van der Waals surface area contributed by atoms with Gasteiger partial charge in [0.2, 0.25) is 0 Å².